The predicted octanol–water partition coefficient (Wildman–Crippen LogP) is 4.62. The minimum atomic E-state index is -4.77. The van der Waals surface area contributed by atoms with Crippen molar-refractivity contribution in [3.8, 4) is 22.6 Å². The van der Waals surface area contributed by atoms with Gasteiger partial charge in [-0.25, -0.2) is 0 Å². The van der Waals surface area contributed by atoms with Gasteiger partial charge in [-0.15, -0.1) is 13.2 Å². The number of benzene rings is 2. The molecule has 6 heteroatoms. The first-order chi connectivity index (χ1) is 10.2. The molecule has 0 amide bonds. The van der Waals surface area contributed by atoms with Gasteiger partial charge in [0.2, 0.25) is 0 Å². The summed E-state index contributed by atoms with van der Waals surface area (Å²) in [5.41, 5.74) is 7.77. The van der Waals surface area contributed by atoms with Crippen molar-refractivity contribution >= 4 is 5.69 Å². The van der Waals surface area contributed by atoms with Crippen LogP contribution in [-0.2, 0) is 0 Å². The molecule has 0 aromatic heterocycles. The first kappa shape index (κ1) is 16.0. The lowest BCUT2D eigenvalue weighted by Crippen LogP contribution is -2.18. The Morgan fingerprint density at radius 1 is 0.909 bits per heavy atom. The second kappa shape index (κ2) is 6.17. The highest BCUT2D eigenvalue weighted by Crippen LogP contribution is 2.36. The van der Waals surface area contributed by atoms with Crippen molar-refractivity contribution in [2.24, 2.45) is 0 Å². The Kier molecular flexibility index (Phi) is 4.49. The Morgan fingerprint density at radius 2 is 1.50 bits per heavy atom. The monoisotopic (exact) mass is 311 g/mol. The lowest BCUT2D eigenvalue weighted by atomic mass is 10.0. The molecule has 0 saturated heterocycles. The van der Waals surface area contributed by atoms with Gasteiger partial charge < -0.3 is 15.2 Å². The Morgan fingerprint density at radius 3 is 2.05 bits per heavy atom. The maximum Gasteiger partial charge on any atom is 0.573 e. The topological polar surface area (TPSA) is 44.5 Å². The van der Waals surface area contributed by atoms with Crippen molar-refractivity contribution < 1.29 is 22.6 Å². The molecule has 2 aromatic carbocycles. The maximum absolute atomic E-state index is 12.4. The van der Waals surface area contributed by atoms with E-state index in [-0.39, 0.29) is 17.6 Å². The Hall–Kier alpha value is -2.37. The van der Waals surface area contributed by atoms with Gasteiger partial charge in [-0.1, -0.05) is 18.2 Å². The average molecular weight is 311 g/mol. The van der Waals surface area contributed by atoms with Gasteiger partial charge in [-0.2, -0.15) is 0 Å². The molecule has 0 saturated carbocycles. The number of ether oxygens (including phenoxy) is 2. The summed E-state index contributed by atoms with van der Waals surface area (Å²) >= 11 is 0. The van der Waals surface area contributed by atoms with Crippen molar-refractivity contribution in [1.29, 1.82) is 0 Å². The molecule has 3 nitrogen and oxygen atoms in total. The van der Waals surface area contributed by atoms with Crippen LogP contribution in [0.15, 0.2) is 42.5 Å². The molecular weight excluding hydrogens is 295 g/mol. The van der Waals surface area contributed by atoms with Gasteiger partial charge in [0.05, 0.1) is 6.10 Å². The van der Waals surface area contributed by atoms with Crippen molar-refractivity contribution in [3.63, 3.8) is 0 Å². The van der Waals surface area contributed by atoms with E-state index < -0.39 is 6.36 Å². The van der Waals surface area contributed by atoms with Crippen LogP contribution in [0.5, 0.6) is 11.5 Å². The van der Waals surface area contributed by atoms with E-state index in [4.69, 9.17) is 10.5 Å². The van der Waals surface area contributed by atoms with E-state index in [0.717, 1.165) is 5.56 Å². The largest absolute Gasteiger partial charge is 0.573 e. The maximum atomic E-state index is 12.4. The van der Waals surface area contributed by atoms with E-state index in [2.05, 4.69) is 4.74 Å². The average Bonchev–Trinajstić information content (AvgIpc) is 2.39. The minimum absolute atomic E-state index is 0.0432. The predicted molar refractivity (Wildman–Crippen MR) is 78.7 cm³/mol. The molecule has 0 aliphatic carbocycles. The van der Waals surface area contributed by atoms with Crippen LogP contribution in [0.1, 0.15) is 13.8 Å². The van der Waals surface area contributed by atoms with E-state index >= 15 is 0 Å². The third-order valence-corrected chi connectivity index (χ3v) is 2.78. The summed E-state index contributed by atoms with van der Waals surface area (Å²) in [6, 6.07) is 11.3. The zero-order chi connectivity index (χ0) is 16.3. The zero-order valence-electron chi connectivity index (χ0n) is 12.1. The fourth-order valence-corrected chi connectivity index (χ4v) is 1.92. The molecule has 0 heterocycles. The smallest absolute Gasteiger partial charge is 0.487 e. The SMILES string of the molecule is CC(C)Oc1cc(-c2ccc(N)cc2)ccc1OC(F)(F)F. The number of halogens is 3. The first-order valence-corrected chi connectivity index (χ1v) is 6.67. The normalized spacial score (nSPS) is 11.5. The molecule has 118 valence electrons. The van der Waals surface area contributed by atoms with E-state index in [9.17, 15) is 13.2 Å². The fourth-order valence-electron chi connectivity index (χ4n) is 1.92. The quantitative estimate of drug-likeness (QED) is 0.838. The summed E-state index contributed by atoms with van der Waals surface area (Å²) in [7, 11) is 0. The number of alkyl halides is 3. The van der Waals surface area contributed by atoms with Crippen LogP contribution in [0.25, 0.3) is 11.1 Å². The molecule has 2 aromatic rings. The highest BCUT2D eigenvalue weighted by atomic mass is 19.4. The molecule has 0 radical (unpaired) electrons. The van der Waals surface area contributed by atoms with Crippen LogP contribution < -0.4 is 15.2 Å². The summed E-state index contributed by atoms with van der Waals surface area (Å²) in [5.74, 6) is -0.318. The van der Waals surface area contributed by atoms with E-state index in [0.29, 0.717) is 11.3 Å². The number of anilines is 1. The van der Waals surface area contributed by atoms with Gasteiger partial charge in [0.1, 0.15) is 0 Å². The van der Waals surface area contributed by atoms with Crippen LogP contribution in [0.2, 0.25) is 0 Å². The fraction of sp³-hybridized carbons (Fsp3) is 0.250. The Labute approximate surface area is 126 Å². The summed E-state index contributed by atoms with van der Waals surface area (Å²) in [6.45, 7) is 3.46. The number of hydrogen-bond acceptors (Lipinski definition) is 3. The molecule has 0 fully saturated rings. The second-order valence-corrected chi connectivity index (χ2v) is 5.00. The number of nitrogens with two attached hydrogens (primary N) is 1. The summed E-state index contributed by atoms with van der Waals surface area (Å²) in [6.07, 6.45) is -5.05. The molecule has 2 rings (SSSR count). The van der Waals surface area contributed by atoms with Gasteiger partial charge in [0, 0.05) is 5.69 Å². The molecule has 0 aliphatic rings. The molecule has 2 N–H and O–H groups in total. The van der Waals surface area contributed by atoms with Crippen LogP contribution in [0, 0.1) is 0 Å². The third-order valence-electron chi connectivity index (χ3n) is 2.78. The third kappa shape index (κ3) is 4.31. The molecule has 0 spiro atoms. The van der Waals surface area contributed by atoms with Crippen molar-refractivity contribution in [2.45, 2.75) is 26.3 Å². The van der Waals surface area contributed by atoms with Crippen molar-refractivity contribution in [1.82, 2.24) is 0 Å². The summed E-state index contributed by atoms with van der Waals surface area (Å²) in [4.78, 5) is 0. The number of rotatable bonds is 4. The number of hydrogen-bond donors (Lipinski definition) is 1. The molecule has 0 bridgehead atoms. The van der Waals surface area contributed by atoms with Crippen LogP contribution in [0.3, 0.4) is 0 Å². The van der Waals surface area contributed by atoms with E-state index in [1.807, 2.05) is 0 Å². The van der Waals surface area contributed by atoms with Gasteiger partial charge in [0.15, 0.2) is 11.5 Å². The standard InChI is InChI=1S/C16H16F3NO2/c1-10(2)21-15-9-12(11-3-6-13(20)7-4-11)5-8-14(15)22-16(17,18)19/h3-10H,20H2,1-2H3. The van der Waals surface area contributed by atoms with Crippen molar-refractivity contribution in [2.75, 3.05) is 5.73 Å². The van der Waals surface area contributed by atoms with E-state index in [1.165, 1.54) is 12.1 Å². The van der Waals surface area contributed by atoms with Gasteiger partial charge in [-0.3, -0.25) is 0 Å². The van der Waals surface area contributed by atoms with Crippen molar-refractivity contribution in [3.05, 3.63) is 42.5 Å². The molecule has 0 unspecified atom stereocenters. The highest BCUT2D eigenvalue weighted by molar-refractivity contribution is 5.68. The zero-order valence-corrected chi connectivity index (χ0v) is 12.1. The van der Waals surface area contributed by atoms with Crippen LogP contribution in [-0.4, -0.2) is 12.5 Å². The van der Waals surface area contributed by atoms with Crippen LogP contribution >= 0.6 is 0 Å². The summed E-state index contributed by atoms with van der Waals surface area (Å²) < 4.78 is 46.7. The molecule has 22 heavy (non-hydrogen) atoms. The van der Waals surface area contributed by atoms with E-state index in [1.54, 1.807) is 44.2 Å². The lowest BCUT2D eigenvalue weighted by molar-refractivity contribution is -0.275. The van der Waals surface area contributed by atoms with Gasteiger partial charge >= 0.3 is 6.36 Å². The summed E-state index contributed by atoms with van der Waals surface area (Å²) in [5, 5.41) is 0. The Balaban J connectivity index is 2.40. The minimum Gasteiger partial charge on any atom is -0.487 e. The molecule has 0 atom stereocenters. The molecule has 0 aliphatic heterocycles. The lowest BCUT2D eigenvalue weighted by Gasteiger charge is -2.17. The Bertz CT molecular complexity index is 637. The van der Waals surface area contributed by atoms with Crippen LogP contribution in [0.4, 0.5) is 18.9 Å². The molecular formula is C16H16F3NO2. The van der Waals surface area contributed by atoms with Gasteiger partial charge in [0.25, 0.3) is 0 Å². The highest BCUT2D eigenvalue weighted by Gasteiger charge is 2.32. The number of nitrogen functional groups attached to an aromatic ring is 1. The van der Waals surface area contributed by atoms with Gasteiger partial charge in [-0.05, 0) is 49.2 Å². The second-order valence-electron chi connectivity index (χ2n) is 5.00. The first-order valence-electron chi connectivity index (χ1n) is 6.67.